The SMILES string of the molecule is CNC(=O)c1ccc(N)c(NC(C)(CO)CO)c1. The van der Waals surface area contributed by atoms with Gasteiger partial charge in [0.2, 0.25) is 0 Å². The van der Waals surface area contributed by atoms with Crippen molar-refractivity contribution in [2.45, 2.75) is 12.5 Å². The van der Waals surface area contributed by atoms with Crippen molar-refractivity contribution in [3.63, 3.8) is 0 Å². The monoisotopic (exact) mass is 253 g/mol. The van der Waals surface area contributed by atoms with Gasteiger partial charge in [-0.15, -0.1) is 0 Å². The van der Waals surface area contributed by atoms with Crippen LogP contribution in [0.15, 0.2) is 18.2 Å². The van der Waals surface area contributed by atoms with Crippen molar-refractivity contribution >= 4 is 17.3 Å². The lowest BCUT2D eigenvalue weighted by Crippen LogP contribution is -2.42. The Morgan fingerprint density at radius 1 is 1.39 bits per heavy atom. The van der Waals surface area contributed by atoms with E-state index in [0.29, 0.717) is 16.9 Å². The molecule has 0 radical (unpaired) electrons. The maximum atomic E-state index is 11.5. The summed E-state index contributed by atoms with van der Waals surface area (Å²) in [5.74, 6) is -0.229. The van der Waals surface area contributed by atoms with Gasteiger partial charge in [-0.05, 0) is 25.1 Å². The second kappa shape index (κ2) is 5.70. The van der Waals surface area contributed by atoms with E-state index in [-0.39, 0.29) is 19.1 Å². The van der Waals surface area contributed by atoms with Gasteiger partial charge < -0.3 is 26.6 Å². The van der Waals surface area contributed by atoms with E-state index in [1.165, 1.54) is 7.05 Å². The predicted octanol–water partition coefficient (Wildman–Crippen LogP) is -0.216. The van der Waals surface area contributed by atoms with Crippen LogP contribution in [-0.2, 0) is 0 Å². The molecule has 0 aromatic heterocycles. The fourth-order valence-electron chi connectivity index (χ4n) is 1.40. The molecule has 6 nitrogen and oxygen atoms in total. The third kappa shape index (κ3) is 3.12. The number of nitrogens with one attached hydrogen (secondary N) is 2. The van der Waals surface area contributed by atoms with Crippen LogP contribution in [0.3, 0.4) is 0 Å². The second-order valence-electron chi connectivity index (χ2n) is 4.38. The van der Waals surface area contributed by atoms with Crippen LogP contribution in [0.25, 0.3) is 0 Å². The summed E-state index contributed by atoms with van der Waals surface area (Å²) in [6.45, 7) is 1.14. The Morgan fingerprint density at radius 2 is 2.00 bits per heavy atom. The summed E-state index contributed by atoms with van der Waals surface area (Å²) in [6, 6.07) is 4.79. The lowest BCUT2D eigenvalue weighted by molar-refractivity contribution is 0.0963. The molecule has 0 saturated heterocycles. The molecular formula is C12H19N3O3. The Morgan fingerprint density at radius 3 is 2.50 bits per heavy atom. The molecule has 0 aliphatic carbocycles. The fourth-order valence-corrected chi connectivity index (χ4v) is 1.40. The van der Waals surface area contributed by atoms with Crippen LogP contribution < -0.4 is 16.4 Å². The number of aliphatic hydroxyl groups excluding tert-OH is 2. The Balaban J connectivity index is 3.04. The second-order valence-corrected chi connectivity index (χ2v) is 4.38. The van der Waals surface area contributed by atoms with Gasteiger partial charge in [0.1, 0.15) is 0 Å². The summed E-state index contributed by atoms with van der Waals surface area (Å²) in [4.78, 5) is 11.5. The molecule has 1 amide bonds. The molecule has 0 bridgehead atoms. The molecule has 100 valence electrons. The van der Waals surface area contributed by atoms with Crippen LogP contribution in [0.2, 0.25) is 0 Å². The number of hydrogen-bond acceptors (Lipinski definition) is 5. The molecule has 0 saturated carbocycles. The van der Waals surface area contributed by atoms with E-state index in [9.17, 15) is 15.0 Å². The van der Waals surface area contributed by atoms with Crippen LogP contribution >= 0.6 is 0 Å². The highest BCUT2D eigenvalue weighted by molar-refractivity contribution is 5.96. The number of aliphatic hydroxyl groups is 2. The Hall–Kier alpha value is -1.79. The van der Waals surface area contributed by atoms with Crippen molar-refractivity contribution < 1.29 is 15.0 Å². The van der Waals surface area contributed by atoms with Crippen molar-refractivity contribution in [1.82, 2.24) is 5.32 Å². The molecular weight excluding hydrogens is 234 g/mol. The number of amides is 1. The van der Waals surface area contributed by atoms with Crippen molar-refractivity contribution in [1.29, 1.82) is 0 Å². The molecule has 6 heteroatoms. The predicted molar refractivity (Wildman–Crippen MR) is 70.4 cm³/mol. The molecule has 1 aromatic carbocycles. The zero-order valence-corrected chi connectivity index (χ0v) is 10.5. The zero-order chi connectivity index (χ0) is 13.8. The van der Waals surface area contributed by atoms with E-state index in [0.717, 1.165) is 0 Å². The smallest absolute Gasteiger partial charge is 0.251 e. The third-order valence-electron chi connectivity index (χ3n) is 2.68. The van der Waals surface area contributed by atoms with E-state index in [2.05, 4.69) is 10.6 Å². The van der Waals surface area contributed by atoms with Crippen LogP contribution in [-0.4, -0.2) is 41.9 Å². The molecule has 0 unspecified atom stereocenters. The first-order valence-electron chi connectivity index (χ1n) is 5.57. The lowest BCUT2D eigenvalue weighted by Gasteiger charge is -2.28. The molecule has 0 spiro atoms. The molecule has 0 heterocycles. The summed E-state index contributed by atoms with van der Waals surface area (Å²) >= 11 is 0. The first-order chi connectivity index (χ1) is 8.45. The maximum Gasteiger partial charge on any atom is 0.251 e. The number of anilines is 2. The van der Waals surface area contributed by atoms with Gasteiger partial charge in [-0.25, -0.2) is 0 Å². The maximum absolute atomic E-state index is 11.5. The summed E-state index contributed by atoms with van der Waals surface area (Å²) < 4.78 is 0. The third-order valence-corrected chi connectivity index (χ3v) is 2.68. The lowest BCUT2D eigenvalue weighted by atomic mass is 10.0. The van der Waals surface area contributed by atoms with Crippen molar-refractivity contribution in [2.24, 2.45) is 0 Å². The topological polar surface area (TPSA) is 108 Å². The average molecular weight is 253 g/mol. The molecule has 18 heavy (non-hydrogen) atoms. The minimum absolute atomic E-state index is 0.229. The van der Waals surface area contributed by atoms with E-state index in [1.54, 1.807) is 25.1 Å². The number of carbonyl (C=O) groups is 1. The minimum Gasteiger partial charge on any atom is -0.397 e. The van der Waals surface area contributed by atoms with Crippen molar-refractivity contribution in [3.8, 4) is 0 Å². The Labute approximate surface area is 106 Å². The normalized spacial score (nSPS) is 11.1. The molecule has 0 atom stereocenters. The summed E-state index contributed by atoms with van der Waals surface area (Å²) in [6.07, 6.45) is 0. The first-order valence-corrected chi connectivity index (χ1v) is 5.57. The highest BCUT2D eigenvalue weighted by Gasteiger charge is 2.23. The van der Waals surface area contributed by atoms with Crippen LogP contribution in [0.1, 0.15) is 17.3 Å². The first kappa shape index (κ1) is 14.3. The summed E-state index contributed by atoms with van der Waals surface area (Å²) in [5.41, 5.74) is 6.29. The fraction of sp³-hybridized carbons (Fsp3) is 0.417. The van der Waals surface area contributed by atoms with Crippen molar-refractivity contribution in [3.05, 3.63) is 23.8 Å². The Bertz CT molecular complexity index is 431. The zero-order valence-electron chi connectivity index (χ0n) is 10.5. The molecule has 0 fully saturated rings. The van der Waals surface area contributed by atoms with E-state index in [1.807, 2.05) is 0 Å². The number of carbonyl (C=O) groups excluding carboxylic acids is 1. The molecule has 1 rings (SSSR count). The number of benzene rings is 1. The van der Waals surface area contributed by atoms with Crippen molar-refractivity contribution in [2.75, 3.05) is 31.3 Å². The molecule has 6 N–H and O–H groups in total. The van der Waals surface area contributed by atoms with Gasteiger partial charge in [-0.2, -0.15) is 0 Å². The Kier molecular flexibility index (Phi) is 4.52. The van der Waals surface area contributed by atoms with E-state index in [4.69, 9.17) is 5.73 Å². The van der Waals surface area contributed by atoms with Gasteiger partial charge in [0.25, 0.3) is 5.91 Å². The highest BCUT2D eigenvalue weighted by atomic mass is 16.3. The largest absolute Gasteiger partial charge is 0.397 e. The number of hydrogen-bond donors (Lipinski definition) is 5. The van der Waals surface area contributed by atoms with Crippen LogP contribution in [0, 0.1) is 0 Å². The minimum atomic E-state index is -0.893. The van der Waals surface area contributed by atoms with Gasteiger partial charge >= 0.3 is 0 Å². The highest BCUT2D eigenvalue weighted by Crippen LogP contribution is 2.23. The molecule has 1 aromatic rings. The molecule has 0 aliphatic heterocycles. The van der Waals surface area contributed by atoms with Gasteiger partial charge in [0.15, 0.2) is 0 Å². The average Bonchev–Trinajstić information content (AvgIpc) is 2.40. The quantitative estimate of drug-likeness (QED) is 0.466. The van der Waals surface area contributed by atoms with Gasteiger partial charge in [0, 0.05) is 12.6 Å². The summed E-state index contributed by atoms with van der Waals surface area (Å²) in [7, 11) is 1.54. The number of nitrogen functional groups attached to an aromatic ring is 1. The summed E-state index contributed by atoms with van der Waals surface area (Å²) in [5, 5.41) is 23.9. The van der Waals surface area contributed by atoms with Crippen LogP contribution in [0.4, 0.5) is 11.4 Å². The van der Waals surface area contributed by atoms with Gasteiger partial charge in [-0.3, -0.25) is 4.79 Å². The van der Waals surface area contributed by atoms with Crippen LogP contribution in [0.5, 0.6) is 0 Å². The standard InChI is InChI=1S/C12H19N3O3/c1-12(6-16,7-17)15-10-5-8(11(18)14-2)3-4-9(10)13/h3-5,15-17H,6-7,13H2,1-2H3,(H,14,18). The van der Waals surface area contributed by atoms with Gasteiger partial charge in [0.05, 0.1) is 30.1 Å². The number of rotatable bonds is 5. The molecule has 0 aliphatic rings. The van der Waals surface area contributed by atoms with Gasteiger partial charge in [-0.1, -0.05) is 0 Å². The van der Waals surface area contributed by atoms with E-state index >= 15 is 0 Å². The number of nitrogens with two attached hydrogens (primary N) is 1. The van der Waals surface area contributed by atoms with E-state index < -0.39 is 5.54 Å².